The average Bonchev–Trinajstić information content (AvgIpc) is 2.85. The summed E-state index contributed by atoms with van der Waals surface area (Å²) in [6, 6.07) is 37.9. The van der Waals surface area contributed by atoms with Gasteiger partial charge in [0.25, 0.3) is 0 Å². The second kappa shape index (κ2) is 9.88. The van der Waals surface area contributed by atoms with Gasteiger partial charge in [0.1, 0.15) is 0 Å². The molecule has 0 aromatic heterocycles. The van der Waals surface area contributed by atoms with Crippen LogP contribution in [0.15, 0.2) is 109 Å². The van der Waals surface area contributed by atoms with E-state index in [-0.39, 0.29) is 0 Å². The molecule has 34 heavy (non-hydrogen) atoms. The summed E-state index contributed by atoms with van der Waals surface area (Å²) >= 11 is 0. The van der Waals surface area contributed by atoms with Crippen LogP contribution in [0, 0.1) is 0 Å². The van der Waals surface area contributed by atoms with Crippen molar-refractivity contribution in [1.82, 2.24) is 0 Å². The van der Waals surface area contributed by atoms with Crippen LogP contribution in [0.1, 0.15) is 27.7 Å². The van der Waals surface area contributed by atoms with Gasteiger partial charge in [-0.25, -0.2) is 0 Å². The van der Waals surface area contributed by atoms with Crippen LogP contribution in [0.5, 0.6) is 0 Å². The van der Waals surface area contributed by atoms with E-state index in [1.807, 2.05) is 26.0 Å². The molecule has 3 nitrogen and oxygen atoms in total. The van der Waals surface area contributed by atoms with E-state index >= 15 is 0 Å². The molecule has 0 radical (unpaired) electrons. The highest BCUT2D eigenvalue weighted by Gasteiger charge is 2.35. The smallest absolute Gasteiger partial charge is 0.309 e. The summed E-state index contributed by atoms with van der Waals surface area (Å²) in [6.07, 6.45) is 0. The zero-order chi connectivity index (χ0) is 24.2. The Morgan fingerprint density at radius 1 is 0.588 bits per heavy atom. The number of hydrogen-bond donors (Lipinski definition) is 1. The van der Waals surface area contributed by atoms with E-state index in [9.17, 15) is 5.11 Å². The van der Waals surface area contributed by atoms with Gasteiger partial charge in [-0.2, -0.15) is 0 Å². The molecule has 0 unspecified atom stereocenters. The first-order chi connectivity index (χ1) is 16.2. The molecule has 4 aromatic rings. The van der Waals surface area contributed by atoms with Crippen molar-refractivity contribution in [2.75, 3.05) is 4.90 Å². The lowest BCUT2D eigenvalue weighted by molar-refractivity contribution is -0.0893. The quantitative estimate of drug-likeness (QED) is 0.318. The third kappa shape index (κ3) is 5.41. The normalized spacial score (nSPS) is 11.8. The molecule has 172 valence electrons. The molecular weight excluding hydrogens is 417 g/mol. The average molecular weight is 449 g/mol. The molecule has 0 fully saturated rings. The molecule has 0 spiro atoms. The van der Waals surface area contributed by atoms with E-state index < -0.39 is 11.2 Å². The van der Waals surface area contributed by atoms with Crippen molar-refractivity contribution in [2.45, 2.75) is 38.9 Å². The van der Waals surface area contributed by atoms with Crippen LogP contribution >= 0.6 is 0 Å². The Labute approximate surface area is 203 Å². The third-order valence-electron chi connectivity index (χ3n) is 6.51. The topological polar surface area (TPSA) is 32.7 Å². The van der Waals surface area contributed by atoms with Crippen molar-refractivity contribution in [3.63, 3.8) is 0 Å². The van der Waals surface area contributed by atoms with Gasteiger partial charge < -0.3 is 14.7 Å². The Kier molecular flexibility index (Phi) is 6.92. The van der Waals surface area contributed by atoms with Crippen LogP contribution in [-0.2, 0) is 4.65 Å². The van der Waals surface area contributed by atoms with E-state index in [1.54, 1.807) is 13.8 Å². The highest BCUT2D eigenvalue weighted by atomic mass is 16.5. The molecule has 0 atom stereocenters. The maximum absolute atomic E-state index is 10.4. The number of aliphatic hydroxyl groups is 1. The van der Waals surface area contributed by atoms with Gasteiger partial charge in [-0.05, 0) is 75.2 Å². The standard InChI is InChI=1S/C30H32BNO2/c1-29(2,33)30(3,4)34-31-25-17-21-28(22-18-25)32(26-13-9-6-10-14-26)27-19-15-24(16-20-27)23-11-7-5-8-12-23/h5-22,31,33H,1-4H3. The Hall–Kier alpha value is -3.34. The second-order valence-corrected chi connectivity index (χ2v) is 9.61. The number of hydrogen-bond acceptors (Lipinski definition) is 3. The molecule has 0 aliphatic rings. The Bertz CT molecular complexity index is 1180. The van der Waals surface area contributed by atoms with Crippen molar-refractivity contribution in [3.8, 4) is 11.1 Å². The summed E-state index contributed by atoms with van der Waals surface area (Å²) in [5.41, 5.74) is 5.15. The highest BCUT2D eigenvalue weighted by molar-refractivity contribution is 6.47. The lowest BCUT2D eigenvalue weighted by atomic mass is 9.82. The van der Waals surface area contributed by atoms with Crippen molar-refractivity contribution in [2.24, 2.45) is 0 Å². The number of benzene rings is 4. The van der Waals surface area contributed by atoms with Crippen molar-refractivity contribution >= 4 is 30.0 Å². The van der Waals surface area contributed by atoms with Crippen LogP contribution in [0.3, 0.4) is 0 Å². The van der Waals surface area contributed by atoms with E-state index in [2.05, 4.69) is 102 Å². The highest BCUT2D eigenvalue weighted by Crippen LogP contribution is 2.35. The Morgan fingerprint density at radius 3 is 1.56 bits per heavy atom. The first kappa shape index (κ1) is 23.8. The molecule has 0 heterocycles. The molecule has 4 heteroatoms. The van der Waals surface area contributed by atoms with Crippen LogP contribution in [0.2, 0.25) is 0 Å². The van der Waals surface area contributed by atoms with Crippen LogP contribution in [0.25, 0.3) is 11.1 Å². The lowest BCUT2D eigenvalue weighted by Crippen LogP contribution is -2.49. The number of para-hydroxylation sites is 1. The molecule has 4 rings (SSSR count). The monoisotopic (exact) mass is 449 g/mol. The largest absolute Gasteiger partial charge is 0.427 e. The number of nitrogens with zero attached hydrogens (tertiary/aromatic N) is 1. The molecule has 0 saturated heterocycles. The van der Waals surface area contributed by atoms with Gasteiger partial charge in [0, 0.05) is 17.1 Å². The molecule has 0 saturated carbocycles. The fourth-order valence-corrected chi connectivity index (χ4v) is 3.64. The van der Waals surface area contributed by atoms with E-state index in [4.69, 9.17) is 4.65 Å². The van der Waals surface area contributed by atoms with Gasteiger partial charge >= 0.3 is 7.48 Å². The minimum Gasteiger partial charge on any atom is -0.427 e. The van der Waals surface area contributed by atoms with Crippen molar-refractivity contribution < 1.29 is 9.76 Å². The second-order valence-electron chi connectivity index (χ2n) is 9.61. The molecule has 0 aliphatic carbocycles. The summed E-state index contributed by atoms with van der Waals surface area (Å²) in [6.45, 7) is 7.38. The first-order valence-electron chi connectivity index (χ1n) is 11.7. The van der Waals surface area contributed by atoms with Crippen LogP contribution < -0.4 is 10.4 Å². The van der Waals surface area contributed by atoms with Gasteiger partial charge in [0.2, 0.25) is 0 Å². The summed E-state index contributed by atoms with van der Waals surface area (Å²) in [5, 5.41) is 10.4. The van der Waals surface area contributed by atoms with Gasteiger partial charge in [-0.3, -0.25) is 0 Å². The maximum atomic E-state index is 10.4. The van der Waals surface area contributed by atoms with Gasteiger partial charge in [-0.15, -0.1) is 0 Å². The van der Waals surface area contributed by atoms with Crippen molar-refractivity contribution in [3.05, 3.63) is 109 Å². The minimum atomic E-state index is -0.928. The summed E-state index contributed by atoms with van der Waals surface area (Å²) in [4.78, 5) is 2.25. The minimum absolute atomic E-state index is 0.439. The number of rotatable bonds is 8. The Balaban J connectivity index is 1.60. The molecule has 0 bridgehead atoms. The van der Waals surface area contributed by atoms with Crippen molar-refractivity contribution in [1.29, 1.82) is 0 Å². The van der Waals surface area contributed by atoms with E-state index in [0.717, 1.165) is 22.5 Å². The fraction of sp³-hybridized carbons (Fsp3) is 0.200. The van der Waals surface area contributed by atoms with E-state index in [1.165, 1.54) is 11.1 Å². The maximum Gasteiger partial charge on any atom is 0.309 e. The molecule has 4 aromatic carbocycles. The predicted molar refractivity (Wildman–Crippen MR) is 145 cm³/mol. The van der Waals surface area contributed by atoms with E-state index in [0.29, 0.717) is 7.48 Å². The lowest BCUT2D eigenvalue weighted by Gasteiger charge is -2.37. The third-order valence-corrected chi connectivity index (χ3v) is 6.51. The SMILES string of the molecule is CC(C)(O)C(C)(C)OBc1ccc(N(c2ccccc2)c2ccc(-c3ccccc3)cc2)cc1. The molecular formula is C30H32BNO2. The van der Waals surface area contributed by atoms with Gasteiger partial charge in [-0.1, -0.05) is 78.3 Å². The Morgan fingerprint density at radius 2 is 1.03 bits per heavy atom. The molecule has 0 amide bonds. The fourth-order valence-electron chi connectivity index (χ4n) is 3.64. The predicted octanol–water partition coefficient (Wildman–Crippen LogP) is 6.37. The van der Waals surface area contributed by atoms with Gasteiger partial charge in [0.05, 0.1) is 11.2 Å². The zero-order valence-corrected chi connectivity index (χ0v) is 20.4. The molecule has 1 N–H and O–H groups in total. The van der Waals surface area contributed by atoms with Gasteiger partial charge in [0.15, 0.2) is 0 Å². The zero-order valence-electron chi connectivity index (χ0n) is 20.4. The number of anilines is 3. The summed E-state index contributed by atoms with van der Waals surface area (Å²) in [7, 11) is 0.439. The molecule has 0 aliphatic heterocycles. The van der Waals surface area contributed by atoms with Crippen LogP contribution in [-0.4, -0.2) is 23.8 Å². The summed E-state index contributed by atoms with van der Waals surface area (Å²) < 4.78 is 6.04. The summed E-state index contributed by atoms with van der Waals surface area (Å²) in [5.74, 6) is 0. The first-order valence-corrected chi connectivity index (χ1v) is 11.7. The van der Waals surface area contributed by atoms with Crippen LogP contribution in [0.4, 0.5) is 17.1 Å².